The zero-order valence-corrected chi connectivity index (χ0v) is 16.8. The largest absolute Gasteiger partial charge is 0.384 e. The van der Waals surface area contributed by atoms with Gasteiger partial charge < -0.3 is 16.8 Å². The molecule has 3 rings (SSSR count). The Morgan fingerprint density at radius 2 is 1.93 bits per heavy atom. The Labute approximate surface area is 174 Å². The van der Waals surface area contributed by atoms with Crippen LogP contribution in [0.15, 0.2) is 48.5 Å². The van der Waals surface area contributed by atoms with Gasteiger partial charge >= 0.3 is 0 Å². The van der Waals surface area contributed by atoms with Crippen molar-refractivity contribution in [3.63, 3.8) is 0 Å². The summed E-state index contributed by atoms with van der Waals surface area (Å²) >= 11 is 0. The summed E-state index contributed by atoms with van der Waals surface area (Å²) in [6.07, 6.45) is 0.564. The second-order valence-corrected chi connectivity index (χ2v) is 7.58. The zero-order valence-electron chi connectivity index (χ0n) is 16.8. The number of nitrogen functional groups attached to an aromatic ring is 1. The molecule has 2 aromatic rings. The average molecular weight is 411 g/mol. The number of carbonyl (C=O) groups is 2. The summed E-state index contributed by atoms with van der Waals surface area (Å²) in [5, 5.41) is 10.1. The number of hydrogen-bond donors (Lipinski definition) is 4. The van der Waals surface area contributed by atoms with Crippen molar-refractivity contribution < 1.29 is 14.0 Å². The summed E-state index contributed by atoms with van der Waals surface area (Å²) in [4.78, 5) is 26.5. The van der Waals surface area contributed by atoms with Crippen LogP contribution in [0.5, 0.6) is 0 Å². The van der Waals surface area contributed by atoms with Crippen LogP contribution in [0.25, 0.3) is 0 Å². The van der Waals surface area contributed by atoms with E-state index in [0.717, 1.165) is 5.56 Å². The van der Waals surface area contributed by atoms with Crippen LogP contribution in [0.4, 0.5) is 4.39 Å². The van der Waals surface area contributed by atoms with Gasteiger partial charge in [-0.05, 0) is 42.5 Å². The number of amides is 2. The van der Waals surface area contributed by atoms with Crippen molar-refractivity contribution in [1.29, 1.82) is 5.41 Å². The predicted octanol–water partition coefficient (Wildman–Crippen LogP) is 1.46. The molecule has 0 spiro atoms. The van der Waals surface area contributed by atoms with E-state index in [4.69, 9.17) is 16.9 Å². The second-order valence-electron chi connectivity index (χ2n) is 7.58. The number of carbonyl (C=O) groups excluding carboxylic acids is 2. The van der Waals surface area contributed by atoms with Crippen molar-refractivity contribution in [3.8, 4) is 0 Å². The number of nitrogens with two attached hydrogens (primary N) is 2. The highest BCUT2D eigenvalue weighted by atomic mass is 19.1. The molecule has 1 heterocycles. The summed E-state index contributed by atoms with van der Waals surface area (Å²) in [6.45, 7) is 2.40. The molecular weight excluding hydrogens is 385 g/mol. The summed E-state index contributed by atoms with van der Waals surface area (Å²) in [5.74, 6) is -1.56. The Balaban J connectivity index is 1.66. The maximum absolute atomic E-state index is 14.0. The van der Waals surface area contributed by atoms with Crippen molar-refractivity contribution in [2.45, 2.75) is 37.9 Å². The van der Waals surface area contributed by atoms with E-state index in [0.29, 0.717) is 18.5 Å². The van der Waals surface area contributed by atoms with Crippen LogP contribution in [-0.2, 0) is 16.1 Å². The molecule has 30 heavy (non-hydrogen) atoms. The van der Waals surface area contributed by atoms with Crippen molar-refractivity contribution in [2.75, 3.05) is 6.54 Å². The SMILES string of the molecule is C[C@@H](C(=O)NCc1ccc(C(=N)N)c(F)c1)N1CC(c2ccccc2)CC1C(N)=O. The van der Waals surface area contributed by atoms with E-state index < -0.39 is 23.8 Å². The number of nitrogens with zero attached hydrogens (tertiary/aromatic N) is 1. The fraction of sp³-hybridized carbons (Fsp3) is 0.318. The van der Waals surface area contributed by atoms with Crippen molar-refractivity contribution >= 4 is 17.6 Å². The molecule has 1 aliphatic heterocycles. The molecule has 6 N–H and O–H groups in total. The molecule has 1 aliphatic rings. The fourth-order valence-corrected chi connectivity index (χ4v) is 3.91. The van der Waals surface area contributed by atoms with Gasteiger partial charge in [0.1, 0.15) is 11.7 Å². The third-order valence-electron chi connectivity index (χ3n) is 5.61. The molecule has 7 nitrogen and oxygen atoms in total. The van der Waals surface area contributed by atoms with E-state index in [1.807, 2.05) is 35.2 Å². The molecule has 2 aromatic carbocycles. The van der Waals surface area contributed by atoms with E-state index in [1.165, 1.54) is 12.1 Å². The zero-order chi connectivity index (χ0) is 21.8. The van der Waals surface area contributed by atoms with Crippen LogP contribution < -0.4 is 16.8 Å². The fourth-order valence-electron chi connectivity index (χ4n) is 3.91. The smallest absolute Gasteiger partial charge is 0.237 e. The lowest BCUT2D eigenvalue weighted by atomic mass is 9.96. The van der Waals surface area contributed by atoms with Gasteiger partial charge in [0.05, 0.1) is 17.6 Å². The average Bonchev–Trinajstić information content (AvgIpc) is 3.17. The number of rotatable bonds is 7. The number of halogens is 1. The minimum atomic E-state index is -0.610. The summed E-state index contributed by atoms with van der Waals surface area (Å²) in [5.41, 5.74) is 12.6. The van der Waals surface area contributed by atoms with Crippen molar-refractivity contribution in [2.24, 2.45) is 11.5 Å². The molecule has 0 aromatic heterocycles. The minimum absolute atomic E-state index is 0.0202. The molecule has 0 radical (unpaired) electrons. The van der Waals surface area contributed by atoms with Crippen LogP contribution in [0.3, 0.4) is 0 Å². The number of primary amides is 1. The molecule has 2 amide bonds. The maximum atomic E-state index is 14.0. The lowest BCUT2D eigenvalue weighted by Gasteiger charge is -2.28. The van der Waals surface area contributed by atoms with E-state index in [1.54, 1.807) is 13.0 Å². The van der Waals surface area contributed by atoms with Crippen LogP contribution in [-0.4, -0.2) is 41.2 Å². The van der Waals surface area contributed by atoms with Gasteiger partial charge in [0.15, 0.2) is 0 Å². The lowest BCUT2D eigenvalue weighted by molar-refractivity contribution is -0.129. The summed E-state index contributed by atoms with van der Waals surface area (Å²) in [7, 11) is 0. The molecule has 0 bridgehead atoms. The molecule has 158 valence electrons. The quantitative estimate of drug-likeness (QED) is 0.406. The highest BCUT2D eigenvalue weighted by Crippen LogP contribution is 2.33. The minimum Gasteiger partial charge on any atom is -0.384 e. The van der Waals surface area contributed by atoms with Crippen LogP contribution >= 0.6 is 0 Å². The number of likely N-dealkylation sites (tertiary alicyclic amines) is 1. The number of benzene rings is 2. The van der Waals surface area contributed by atoms with Crippen molar-refractivity contribution in [1.82, 2.24) is 10.2 Å². The van der Waals surface area contributed by atoms with Crippen molar-refractivity contribution in [3.05, 3.63) is 71.0 Å². The van der Waals surface area contributed by atoms with E-state index >= 15 is 0 Å². The highest BCUT2D eigenvalue weighted by molar-refractivity contribution is 5.95. The van der Waals surface area contributed by atoms with Gasteiger partial charge in [0.2, 0.25) is 11.8 Å². The van der Waals surface area contributed by atoms with Gasteiger partial charge in [-0.3, -0.25) is 19.9 Å². The molecule has 8 heteroatoms. The topological polar surface area (TPSA) is 125 Å². The van der Waals surface area contributed by atoms with Crippen LogP contribution in [0, 0.1) is 11.2 Å². The van der Waals surface area contributed by atoms with E-state index in [9.17, 15) is 14.0 Å². The molecule has 0 saturated carbocycles. The standard InChI is InChI=1S/C22H26FN5O2/c1-13(22(30)27-11-14-7-8-17(20(24)25)18(23)9-14)28-12-16(10-19(28)21(26)29)15-5-3-2-4-6-15/h2-9,13,16,19H,10-12H2,1H3,(H3,24,25)(H2,26,29)(H,27,30)/t13-,16?,19?/m0/s1. The predicted molar refractivity (Wildman–Crippen MR) is 112 cm³/mol. The first kappa shape index (κ1) is 21.4. The summed E-state index contributed by atoms with van der Waals surface area (Å²) < 4.78 is 14.0. The van der Waals surface area contributed by atoms with Crippen LogP contribution in [0.1, 0.15) is 36.0 Å². The first-order chi connectivity index (χ1) is 14.3. The Hall–Kier alpha value is -3.26. The van der Waals surface area contributed by atoms with Gasteiger partial charge in [-0.25, -0.2) is 4.39 Å². The summed E-state index contributed by atoms with van der Waals surface area (Å²) in [6, 6.07) is 13.0. The third-order valence-corrected chi connectivity index (χ3v) is 5.61. The van der Waals surface area contributed by atoms with Gasteiger partial charge in [-0.1, -0.05) is 36.4 Å². The van der Waals surface area contributed by atoms with Gasteiger partial charge in [-0.2, -0.15) is 0 Å². The number of amidine groups is 1. The maximum Gasteiger partial charge on any atom is 0.237 e. The van der Waals surface area contributed by atoms with Gasteiger partial charge in [-0.15, -0.1) is 0 Å². The Bertz CT molecular complexity index is 950. The molecule has 3 atom stereocenters. The second kappa shape index (κ2) is 9.04. The highest BCUT2D eigenvalue weighted by Gasteiger charge is 2.40. The molecule has 2 unspecified atom stereocenters. The third kappa shape index (κ3) is 4.65. The number of nitrogens with one attached hydrogen (secondary N) is 2. The molecular formula is C22H26FN5O2. The van der Waals surface area contributed by atoms with E-state index in [2.05, 4.69) is 5.32 Å². The Morgan fingerprint density at radius 1 is 1.23 bits per heavy atom. The molecule has 0 aliphatic carbocycles. The lowest BCUT2D eigenvalue weighted by Crippen LogP contribution is -2.51. The van der Waals surface area contributed by atoms with Gasteiger partial charge in [0.25, 0.3) is 0 Å². The first-order valence-electron chi connectivity index (χ1n) is 9.78. The number of hydrogen-bond acceptors (Lipinski definition) is 4. The van der Waals surface area contributed by atoms with E-state index in [-0.39, 0.29) is 29.8 Å². The molecule has 1 fully saturated rings. The normalized spacial score (nSPS) is 19.9. The Kier molecular flexibility index (Phi) is 6.47. The molecule has 1 saturated heterocycles. The Morgan fingerprint density at radius 3 is 2.53 bits per heavy atom. The van der Waals surface area contributed by atoms with Crippen LogP contribution in [0.2, 0.25) is 0 Å². The first-order valence-corrected chi connectivity index (χ1v) is 9.78. The monoisotopic (exact) mass is 411 g/mol. The van der Waals surface area contributed by atoms with Gasteiger partial charge in [0, 0.05) is 13.1 Å².